The van der Waals surface area contributed by atoms with E-state index >= 15 is 0 Å². The zero-order valence-corrected chi connectivity index (χ0v) is 16.4. The van der Waals surface area contributed by atoms with E-state index in [4.69, 9.17) is 11.6 Å². The molecule has 0 radical (unpaired) electrons. The van der Waals surface area contributed by atoms with Crippen molar-refractivity contribution in [2.45, 2.75) is 13.0 Å². The SMILES string of the molecule is CNCCCNc1nc2c(c(=O)n(Cc3ccc(Cl)cc3)c(=O)n2C)n1C. The van der Waals surface area contributed by atoms with Crippen molar-refractivity contribution in [3.8, 4) is 0 Å². The maximum atomic E-state index is 13.0. The van der Waals surface area contributed by atoms with E-state index in [1.165, 1.54) is 9.13 Å². The van der Waals surface area contributed by atoms with E-state index in [2.05, 4.69) is 15.6 Å². The van der Waals surface area contributed by atoms with Crippen LogP contribution in [0.3, 0.4) is 0 Å². The molecule has 0 saturated carbocycles. The number of halogens is 1. The van der Waals surface area contributed by atoms with Crippen LogP contribution in [0.4, 0.5) is 5.95 Å². The van der Waals surface area contributed by atoms with Crippen LogP contribution >= 0.6 is 11.6 Å². The molecule has 9 heteroatoms. The molecule has 0 amide bonds. The van der Waals surface area contributed by atoms with Gasteiger partial charge in [0.2, 0.25) is 5.95 Å². The molecule has 2 aromatic heterocycles. The number of fused-ring (bicyclic) bond motifs is 1. The van der Waals surface area contributed by atoms with Crippen molar-refractivity contribution in [1.82, 2.24) is 24.0 Å². The molecule has 0 aliphatic rings. The van der Waals surface area contributed by atoms with Crippen LogP contribution in [-0.2, 0) is 20.6 Å². The molecule has 144 valence electrons. The normalized spacial score (nSPS) is 11.3. The number of anilines is 1. The standard InChI is InChI=1S/C18H23ClN6O2/c1-20-9-4-10-21-17-22-15-14(23(17)2)16(26)25(18(27)24(15)3)11-12-5-7-13(19)8-6-12/h5-8,20H,4,9-11H2,1-3H3,(H,21,22). The molecule has 2 N–H and O–H groups in total. The van der Waals surface area contributed by atoms with Gasteiger partial charge in [-0.15, -0.1) is 0 Å². The number of nitrogens with zero attached hydrogens (tertiary/aromatic N) is 4. The summed E-state index contributed by atoms with van der Waals surface area (Å²) in [5.41, 5.74) is 0.826. The molecule has 0 aliphatic carbocycles. The predicted molar refractivity (Wildman–Crippen MR) is 108 cm³/mol. The van der Waals surface area contributed by atoms with Crippen molar-refractivity contribution in [3.05, 3.63) is 55.7 Å². The minimum atomic E-state index is -0.401. The fraction of sp³-hybridized carbons (Fsp3) is 0.389. The zero-order chi connectivity index (χ0) is 19.6. The van der Waals surface area contributed by atoms with Crippen molar-refractivity contribution >= 4 is 28.7 Å². The molecule has 0 spiro atoms. The van der Waals surface area contributed by atoms with Crippen LogP contribution in [-0.4, -0.2) is 38.8 Å². The number of imidazole rings is 1. The smallest absolute Gasteiger partial charge is 0.332 e. The zero-order valence-electron chi connectivity index (χ0n) is 15.6. The summed E-state index contributed by atoms with van der Waals surface area (Å²) in [6, 6.07) is 7.08. The van der Waals surface area contributed by atoms with Crippen molar-refractivity contribution in [2.24, 2.45) is 14.1 Å². The first-order chi connectivity index (χ1) is 12.9. The molecule has 0 unspecified atom stereocenters. The largest absolute Gasteiger partial charge is 0.356 e. The maximum absolute atomic E-state index is 13.0. The van der Waals surface area contributed by atoms with Gasteiger partial charge in [-0.1, -0.05) is 23.7 Å². The van der Waals surface area contributed by atoms with Crippen LogP contribution in [0.25, 0.3) is 11.2 Å². The third-order valence-electron chi connectivity index (χ3n) is 4.50. The number of benzene rings is 1. The topological polar surface area (TPSA) is 85.9 Å². The van der Waals surface area contributed by atoms with Gasteiger partial charge in [0.25, 0.3) is 5.56 Å². The third-order valence-corrected chi connectivity index (χ3v) is 4.75. The third kappa shape index (κ3) is 3.77. The highest BCUT2D eigenvalue weighted by atomic mass is 35.5. The molecule has 0 bridgehead atoms. The number of aromatic nitrogens is 4. The lowest BCUT2D eigenvalue weighted by molar-refractivity contribution is 0.655. The Bertz CT molecular complexity index is 1060. The summed E-state index contributed by atoms with van der Waals surface area (Å²) in [4.78, 5) is 30.2. The fourth-order valence-corrected chi connectivity index (χ4v) is 3.10. The van der Waals surface area contributed by atoms with Crippen molar-refractivity contribution in [1.29, 1.82) is 0 Å². The maximum Gasteiger partial charge on any atom is 0.332 e. The Labute approximate surface area is 161 Å². The summed E-state index contributed by atoms with van der Waals surface area (Å²) in [6.07, 6.45) is 0.916. The molecular formula is C18H23ClN6O2. The van der Waals surface area contributed by atoms with E-state index in [1.54, 1.807) is 42.9 Å². The average molecular weight is 391 g/mol. The molecule has 0 saturated heterocycles. The lowest BCUT2D eigenvalue weighted by Gasteiger charge is -2.09. The Kier molecular flexibility index (Phi) is 5.67. The Hall–Kier alpha value is -2.58. The molecule has 0 atom stereocenters. The lowest BCUT2D eigenvalue weighted by Crippen LogP contribution is -2.39. The molecule has 3 rings (SSSR count). The first-order valence-corrected chi connectivity index (χ1v) is 9.11. The second-order valence-corrected chi connectivity index (χ2v) is 6.85. The van der Waals surface area contributed by atoms with Gasteiger partial charge in [0.15, 0.2) is 11.2 Å². The fourth-order valence-electron chi connectivity index (χ4n) is 2.98. The summed E-state index contributed by atoms with van der Waals surface area (Å²) in [6.45, 7) is 1.77. The van der Waals surface area contributed by atoms with Gasteiger partial charge in [-0.3, -0.25) is 13.9 Å². The number of nitrogens with one attached hydrogen (secondary N) is 2. The van der Waals surface area contributed by atoms with Crippen molar-refractivity contribution in [2.75, 3.05) is 25.5 Å². The Morgan fingerprint density at radius 3 is 2.44 bits per heavy atom. The van der Waals surface area contributed by atoms with Gasteiger partial charge in [0.1, 0.15) is 0 Å². The molecular weight excluding hydrogens is 368 g/mol. The molecule has 2 heterocycles. The van der Waals surface area contributed by atoms with E-state index in [-0.39, 0.29) is 12.1 Å². The first-order valence-electron chi connectivity index (χ1n) is 8.73. The Morgan fingerprint density at radius 2 is 1.78 bits per heavy atom. The van der Waals surface area contributed by atoms with Crippen LogP contribution in [0.1, 0.15) is 12.0 Å². The summed E-state index contributed by atoms with van der Waals surface area (Å²) in [7, 11) is 5.29. The van der Waals surface area contributed by atoms with E-state index < -0.39 is 5.69 Å². The average Bonchev–Trinajstić information content (AvgIpc) is 2.99. The van der Waals surface area contributed by atoms with E-state index in [1.807, 2.05) is 7.05 Å². The molecule has 8 nitrogen and oxygen atoms in total. The van der Waals surface area contributed by atoms with E-state index in [0.717, 1.165) is 18.5 Å². The quantitative estimate of drug-likeness (QED) is 0.591. The molecule has 27 heavy (non-hydrogen) atoms. The molecule has 0 aliphatic heterocycles. The van der Waals surface area contributed by atoms with Crippen LogP contribution < -0.4 is 21.9 Å². The number of hydrogen-bond donors (Lipinski definition) is 2. The van der Waals surface area contributed by atoms with Gasteiger partial charge in [-0.25, -0.2) is 4.79 Å². The molecule has 1 aromatic carbocycles. The van der Waals surface area contributed by atoms with Gasteiger partial charge in [-0.05, 0) is 37.7 Å². The highest BCUT2D eigenvalue weighted by Crippen LogP contribution is 2.14. The van der Waals surface area contributed by atoms with Crippen LogP contribution in [0.15, 0.2) is 33.9 Å². The second-order valence-electron chi connectivity index (χ2n) is 6.41. The van der Waals surface area contributed by atoms with Gasteiger partial charge in [0.05, 0.1) is 6.54 Å². The van der Waals surface area contributed by atoms with Crippen molar-refractivity contribution in [3.63, 3.8) is 0 Å². The monoisotopic (exact) mass is 390 g/mol. The van der Waals surface area contributed by atoms with Gasteiger partial charge in [-0.2, -0.15) is 4.98 Å². The number of rotatable bonds is 7. The van der Waals surface area contributed by atoms with E-state index in [9.17, 15) is 9.59 Å². The molecule has 3 aromatic rings. The minimum absolute atomic E-state index is 0.175. The van der Waals surface area contributed by atoms with Gasteiger partial charge in [0, 0.05) is 25.7 Å². The van der Waals surface area contributed by atoms with Crippen molar-refractivity contribution < 1.29 is 0 Å². The second kappa shape index (κ2) is 7.98. The summed E-state index contributed by atoms with van der Waals surface area (Å²) in [5, 5.41) is 6.91. The van der Waals surface area contributed by atoms with Gasteiger partial charge < -0.3 is 15.2 Å². The van der Waals surface area contributed by atoms with E-state index in [0.29, 0.717) is 28.7 Å². The summed E-state index contributed by atoms with van der Waals surface area (Å²) >= 11 is 5.91. The minimum Gasteiger partial charge on any atom is -0.356 e. The highest BCUT2D eigenvalue weighted by molar-refractivity contribution is 6.30. The van der Waals surface area contributed by atoms with Crippen LogP contribution in [0, 0.1) is 0 Å². The summed E-state index contributed by atoms with van der Waals surface area (Å²) in [5.74, 6) is 0.567. The lowest BCUT2D eigenvalue weighted by atomic mass is 10.2. The number of aryl methyl sites for hydroxylation is 2. The summed E-state index contributed by atoms with van der Waals surface area (Å²) < 4.78 is 4.33. The van der Waals surface area contributed by atoms with Crippen LogP contribution in [0.2, 0.25) is 5.02 Å². The van der Waals surface area contributed by atoms with Crippen LogP contribution in [0.5, 0.6) is 0 Å². The highest BCUT2D eigenvalue weighted by Gasteiger charge is 2.18. The molecule has 0 fully saturated rings. The Morgan fingerprint density at radius 1 is 1.07 bits per heavy atom. The predicted octanol–water partition coefficient (Wildman–Crippen LogP) is 1.16. The van der Waals surface area contributed by atoms with Gasteiger partial charge >= 0.3 is 5.69 Å². The number of hydrogen-bond acceptors (Lipinski definition) is 5. The Balaban J connectivity index is 2.03. The first kappa shape index (κ1) is 19.2.